The summed E-state index contributed by atoms with van der Waals surface area (Å²) >= 11 is 0. The van der Waals surface area contributed by atoms with Crippen LogP contribution >= 0.6 is 0 Å². The fraction of sp³-hybridized carbons (Fsp3) is 0.148. The number of carbonyl (C=O) groups is 1. The molecule has 150 valence electrons. The summed E-state index contributed by atoms with van der Waals surface area (Å²) in [5.74, 6) is 6.67. The Bertz CT molecular complexity index is 1080. The van der Waals surface area contributed by atoms with Crippen molar-refractivity contribution in [1.29, 1.82) is 0 Å². The molecule has 0 aliphatic rings. The van der Waals surface area contributed by atoms with Crippen LogP contribution in [0.5, 0.6) is 5.75 Å². The van der Waals surface area contributed by atoms with Crippen LogP contribution in [-0.2, 0) is 4.74 Å². The molecule has 3 nitrogen and oxygen atoms in total. The van der Waals surface area contributed by atoms with Crippen LogP contribution in [0.1, 0.15) is 34.8 Å². The number of hydrogen-bond acceptors (Lipinski definition) is 3. The van der Waals surface area contributed by atoms with E-state index in [9.17, 15) is 4.79 Å². The second-order valence-electron chi connectivity index (χ2n) is 6.64. The monoisotopic (exact) mass is 396 g/mol. The number of rotatable bonds is 6. The van der Waals surface area contributed by atoms with Crippen LogP contribution in [0.25, 0.3) is 17.2 Å². The Hall–Kier alpha value is -3.77. The highest BCUT2D eigenvalue weighted by molar-refractivity contribution is 5.89. The zero-order valence-corrected chi connectivity index (χ0v) is 17.2. The van der Waals surface area contributed by atoms with Gasteiger partial charge in [0.25, 0.3) is 0 Å². The lowest BCUT2D eigenvalue weighted by Crippen LogP contribution is -2.00. The van der Waals surface area contributed by atoms with Gasteiger partial charge in [0.15, 0.2) is 0 Å². The third-order valence-electron chi connectivity index (χ3n) is 4.45. The molecule has 0 saturated heterocycles. The van der Waals surface area contributed by atoms with Crippen molar-refractivity contribution in [3.8, 4) is 28.7 Å². The highest BCUT2D eigenvalue weighted by Crippen LogP contribution is 2.27. The van der Waals surface area contributed by atoms with Crippen molar-refractivity contribution < 1.29 is 14.3 Å². The molecule has 0 atom stereocenters. The molecule has 3 heteroatoms. The normalized spacial score (nSPS) is 10.3. The van der Waals surface area contributed by atoms with Gasteiger partial charge in [0.05, 0.1) is 19.3 Å². The van der Waals surface area contributed by atoms with Crippen LogP contribution in [0, 0.1) is 11.8 Å². The van der Waals surface area contributed by atoms with Gasteiger partial charge in [-0.1, -0.05) is 55.2 Å². The van der Waals surface area contributed by atoms with Crippen molar-refractivity contribution in [2.75, 3.05) is 13.7 Å². The van der Waals surface area contributed by atoms with Gasteiger partial charge < -0.3 is 9.47 Å². The average Bonchev–Trinajstić information content (AvgIpc) is 2.81. The second kappa shape index (κ2) is 10.7. The predicted octanol–water partition coefficient (Wildman–Crippen LogP) is 5.99. The number of ether oxygens (including phenoxy) is 2. The van der Waals surface area contributed by atoms with Gasteiger partial charge in [-0.15, -0.1) is 0 Å². The summed E-state index contributed by atoms with van der Waals surface area (Å²) < 4.78 is 10.5. The van der Waals surface area contributed by atoms with E-state index >= 15 is 0 Å². The Morgan fingerprint density at radius 2 is 1.80 bits per heavy atom. The molecule has 3 aromatic rings. The van der Waals surface area contributed by atoms with E-state index in [0.29, 0.717) is 12.2 Å². The predicted molar refractivity (Wildman–Crippen MR) is 121 cm³/mol. The van der Waals surface area contributed by atoms with Crippen LogP contribution in [-0.4, -0.2) is 19.7 Å². The quantitative estimate of drug-likeness (QED) is 0.379. The first kappa shape index (κ1) is 21.0. The first-order valence-corrected chi connectivity index (χ1v) is 9.90. The molecule has 0 aromatic heterocycles. The summed E-state index contributed by atoms with van der Waals surface area (Å²) in [7, 11) is 1.37. The smallest absolute Gasteiger partial charge is 0.337 e. The lowest BCUT2D eigenvalue weighted by atomic mass is 9.99. The van der Waals surface area contributed by atoms with E-state index in [-0.39, 0.29) is 5.97 Å². The van der Waals surface area contributed by atoms with Gasteiger partial charge in [0, 0.05) is 5.56 Å². The van der Waals surface area contributed by atoms with E-state index in [4.69, 9.17) is 9.47 Å². The highest BCUT2D eigenvalue weighted by atomic mass is 16.5. The van der Waals surface area contributed by atoms with E-state index in [1.54, 1.807) is 12.1 Å². The third-order valence-corrected chi connectivity index (χ3v) is 4.45. The largest absolute Gasteiger partial charge is 0.494 e. The van der Waals surface area contributed by atoms with Gasteiger partial charge in [-0.05, 0) is 71.7 Å². The molecule has 0 N–H and O–H groups in total. The molecule has 30 heavy (non-hydrogen) atoms. The lowest BCUT2D eigenvalue weighted by Gasteiger charge is -2.09. The Balaban J connectivity index is 1.77. The minimum atomic E-state index is -0.352. The van der Waals surface area contributed by atoms with Crippen LogP contribution < -0.4 is 4.74 Å². The van der Waals surface area contributed by atoms with Crippen molar-refractivity contribution in [2.24, 2.45) is 0 Å². The Morgan fingerprint density at radius 3 is 2.57 bits per heavy atom. The molecular formula is C27H24O3. The lowest BCUT2D eigenvalue weighted by molar-refractivity contribution is 0.0600. The van der Waals surface area contributed by atoms with Crippen LogP contribution in [0.15, 0.2) is 78.9 Å². The molecule has 0 unspecified atom stereocenters. The number of methoxy groups -OCH3 is 1. The minimum absolute atomic E-state index is 0.352. The van der Waals surface area contributed by atoms with E-state index in [1.807, 2.05) is 48.6 Å². The molecule has 0 heterocycles. The van der Waals surface area contributed by atoms with Crippen molar-refractivity contribution in [3.05, 3.63) is 95.6 Å². The first-order chi connectivity index (χ1) is 14.7. The molecule has 0 bridgehead atoms. The molecule has 0 aliphatic carbocycles. The Morgan fingerprint density at radius 1 is 1.00 bits per heavy atom. The summed E-state index contributed by atoms with van der Waals surface area (Å²) in [6.45, 7) is 2.81. The second-order valence-corrected chi connectivity index (χ2v) is 6.64. The van der Waals surface area contributed by atoms with E-state index < -0.39 is 0 Å². The topological polar surface area (TPSA) is 35.5 Å². The molecule has 0 aliphatic heterocycles. The molecule has 3 rings (SSSR count). The number of carbonyl (C=O) groups excluding carboxylic acids is 1. The van der Waals surface area contributed by atoms with Crippen molar-refractivity contribution >= 4 is 12.0 Å². The Labute approximate surface area is 178 Å². The standard InChI is InChI=1S/C27H24O3/c1-3-19-30-25-13-8-12-24(20-25)26-14-7-6-11-22(26)10-5-4-9-21-15-17-23(18-16-21)27(28)29-2/h5-8,10-18,20H,3,19H2,1-2H3/b10-5+. The van der Waals surface area contributed by atoms with E-state index in [1.165, 1.54) is 7.11 Å². The van der Waals surface area contributed by atoms with Gasteiger partial charge in [-0.25, -0.2) is 4.79 Å². The van der Waals surface area contributed by atoms with Gasteiger partial charge in [0.2, 0.25) is 0 Å². The minimum Gasteiger partial charge on any atom is -0.494 e. The summed E-state index contributed by atoms with van der Waals surface area (Å²) in [6.07, 6.45) is 4.82. The van der Waals surface area contributed by atoms with E-state index in [0.717, 1.165) is 34.4 Å². The summed E-state index contributed by atoms with van der Waals surface area (Å²) in [4.78, 5) is 11.5. The molecular weight excluding hydrogens is 372 g/mol. The molecule has 0 fully saturated rings. The molecule has 0 radical (unpaired) electrons. The third kappa shape index (κ3) is 5.62. The maximum Gasteiger partial charge on any atom is 0.337 e. The maximum absolute atomic E-state index is 11.5. The molecule has 0 amide bonds. The average molecular weight is 396 g/mol. The Kier molecular flexibility index (Phi) is 7.46. The molecule has 0 saturated carbocycles. The van der Waals surface area contributed by atoms with Crippen molar-refractivity contribution in [1.82, 2.24) is 0 Å². The zero-order chi connectivity index (χ0) is 21.2. The summed E-state index contributed by atoms with van der Waals surface area (Å²) in [6, 6.07) is 23.4. The number of allylic oxidation sites excluding steroid dienone is 1. The SMILES string of the molecule is CCCOc1cccc(-c2ccccc2/C=C/C#Cc2ccc(C(=O)OC)cc2)c1. The van der Waals surface area contributed by atoms with Crippen LogP contribution in [0.3, 0.4) is 0 Å². The van der Waals surface area contributed by atoms with Crippen molar-refractivity contribution in [2.45, 2.75) is 13.3 Å². The van der Waals surface area contributed by atoms with Crippen LogP contribution in [0.2, 0.25) is 0 Å². The first-order valence-electron chi connectivity index (χ1n) is 9.90. The molecule has 3 aromatic carbocycles. The molecule has 0 spiro atoms. The highest BCUT2D eigenvalue weighted by Gasteiger charge is 2.04. The maximum atomic E-state index is 11.5. The number of esters is 1. The zero-order valence-electron chi connectivity index (χ0n) is 17.2. The van der Waals surface area contributed by atoms with Gasteiger partial charge in [-0.3, -0.25) is 0 Å². The number of hydrogen-bond donors (Lipinski definition) is 0. The fourth-order valence-electron chi connectivity index (χ4n) is 2.94. The summed E-state index contributed by atoms with van der Waals surface area (Å²) in [5, 5.41) is 0. The van der Waals surface area contributed by atoms with E-state index in [2.05, 4.69) is 43.0 Å². The van der Waals surface area contributed by atoms with Crippen molar-refractivity contribution in [3.63, 3.8) is 0 Å². The van der Waals surface area contributed by atoms with Gasteiger partial charge >= 0.3 is 5.97 Å². The number of benzene rings is 3. The van der Waals surface area contributed by atoms with Crippen LogP contribution in [0.4, 0.5) is 0 Å². The van der Waals surface area contributed by atoms with Gasteiger partial charge in [-0.2, -0.15) is 0 Å². The summed E-state index contributed by atoms with van der Waals surface area (Å²) in [5.41, 5.74) is 4.66. The fourth-order valence-corrected chi connectivity index (χ4v) is 2.94. The van der Waals surface area contributed by atoms with Gasteiger partial charge in [0.1, 0.15) is 5.75 Å².